The number of fused-ring (bicyclic) bond motifs is 4. The first-order valence-electron chi connectivity index (χ1n) is 15.7. The zero-order valence-electron chi connectivity index (χ0n) is 28.8. The van der Waals surface area contributed by atoms with Gasteiger partial charge in [-0.05, 0) is 96.6 Å². The van der Waals surface area contributed by atoms with E-state index in [-0.39, 0.29) is 17.0 Å². The van der Waals surface area contributed by atoms with Gasteiger partial charge in [-0.15, -0.1) is 12.8 Å². The zero-order valence-corrected chi connectivity index (χ0v) is 28.6. The van der Waals surface area contributed by atoms with Crippen molar-refractivity contribution in [3.05, 3.63) is 59.7 Å². The molecule has 1 amide bonds. The van der Waals surface area contributed by atoms with Crippen LogP contribution in [0.15, 0.2) is 48.5 Å². The van der Waals surface area contributed by atoms with Crippen molar-refractivity contribution in [1.82, 2.24) is 0 Å². The molecular formula is C36H39ClN2O11. The van der Waals surface area contributed by atoms with Crippen molar-refractivity contribution in [2.24, 2.45) is 33.5 Å². The Hall–Kier alpha value is -5.19. The van der Waals surface area contributed by atoms with E-state index in [1.165, 1.54) is 36.4 Å². The number of carbonyl (C=O) groups excluding carboxylic acids is 6. The van der Waals surface area contributed by atoms with E-state index in [1.54, 1.807) is 39.8 Å². The summed E-state index contributed by atoms with van der Waals surface area (Å²) in [6.45, 7) is 7.16. The fourth-order valence-electron chi connectivity index (χ4n) is 7.66. The van der Waals surface area contributed by atoms with Gasteiger partial charge in [0.2, 0.25) is 35.7 Å². The first kappa shape index (κ1) is 39.3. The van der Waals surface area contributed by atoms with Crippen LogP contribution in [0.1, 0.15) is 75.5 Å². The molecule has 6 rings (SSSR count). The Labute approximate surface area is 294 Å². The lowest BCUT2D eigenvalue weighted by molar-refractivity contribution is -0.147. The van der Waals surface area contributed by atoms with Gasteiger partial charge in [0.25, 0.3) is 0 Å². The quantitative estimate of drug-likeness (QED) is 0.115. The maximum atomic E-state index is 12.8. The third-order valence-electron chi connectivity index (χ3n) is 10.7. The molecule has 4 aliphatic carbocycles. The number of amides is 1. The van der Waals surface area contributed by atoms with E-state index >= 15 is 0 Å². The average molecular weight is 712 g/mol. The highest BCUT2D eigenvalue weighted by atomic mass is 35.5. The minimum Gasteiger partial charge on any atom is -0.478 e. The Morgan fingerprint density at radius 1 is 0.760 bits per heavy atom. The number of hydrogen-bond donors (Lipinski definition) is 4. The second-order valence-electron chi connectivity index (χ2n) is 13.4. The monoisotopic (exact) mass is 711 g/mol. The van der Waals surface area contributed by atoms with Gasteiger partial charge in [-0.3, -0.25) is 28.8 Å². The highest BCUT2D eigenvalue weighted by Gasteiger charge is 2.73. The lowest BCUT2D eigenvalue weighted by Gasteiger charge is -2.33. The number of nitrogen functional groups attached to an aromatic ring is 1. The van der Waals surface area contributed by atoms with Crippen molar-refractivity contribution in [2.45, 2.75) is 53.4 Å². The van der Waals surface area contributed by atoms with Crippen molar-refractivity contribution in [2.75, 3.05) is 11.1 Å². The second kappa shape index (κ2) is 14.7. The van der Waals surface area contributed by atoms with Crippen molar-refractivity contribution in [3.8, 4) is 12.8 Å². The van der Waals surface area contributed by atoms with Gasteiger partial charge in [0.1, 0.15) is 10.8 Å². The number of carboxylic acid groups (broad SMARTS) is 2. The Balaban J connectivity index is 0.000000274. The fourth-order valence-corrected chi connectivity index (χ4v) is 8.08. The first-order valence-corrected chi connectivity index (χ1v) is 15.6. The minimum absolute atomic E-state index is 0.106. The van der Waals surface area contributed by atoms with E-state index in [0.717, 1.165) is 0 Å². The lowest BCUT2D eigenvalue weighted by atomic mass is 9.68. The summed E-state index contributed by atoms with van der Waals surface area (Å²) in [7, 11) is 0. The largest absolute Gasteiger partial charge is 0.478 e. The third kappa shape index (κ3) is 6.32. The SMILES string of the molecule is C#C.CC1(C)C2CCC1(C(=O)Cl)C(=O)C2=O.CC1(C)C2CCC1(C(=O)Nc1ccc(C(=O)O)cc1)C(=O)C2=O.Nc1ccc(C(=O)O)cc1.[2H]O. The van der Waals surface area contributed by atoms with Crippen LogP contribution in [0.3, 0.4) is 0 Å². The van der Waals surface area contributed by atoms with Crippen LogP contribution >= 0.6 is 11.6 Å². The number of anilines is 2. The summed E-state index contributed by atoms with van der Waals surface area (Å²) in [6, 6.07) is 11.7. The van der Waals surface area contributed by atoms with Crippen LogP contribution in [-0.2, 0) is 28.8 Å². The number of carbonyl (C=O) groups is 8. The molecule has 0 aliphatic heterocycles. The van der Waals surface area contributed by atoms with Gasteiger partial charge in [0.15, 0.2) is 0 Å². The molecule has 0 heterocycles. The molecule has 2 aromatic carbocycles. The number of ketones is 4. The van der Waals surface area contributed by atoms with E-state index in [9.17, 15) is 38.4 Å². The molecule has 0 saturated heterocycles. The summed E-state index contributed by atoms with van der Waals surface area (Å²) in [6.07, 6.45) is 9.95. The van der Waals surface area contributed by atoms with Crippen molar-refractivity contribution < 1.29 is 55.5 Å². The number of nitrogens with one attached hydrogen (secondary N) is 1. The van der Waals surface area contributed by atoms with Gasteiger partial charge in [-0.2, -0.15) is 0 Å². The standard InChI is InChI=1S/C17H17NO5.C10H11ClO3.C7H7NO2.C2H2.H2O/c1-16(2)11-7-8-17(16,13(20)12(11)19)15(23)18-10-5-3-9(4-6-10)14(21)22;1-9(2)5-3-4-10(9,8(11)14)7(13)6(5)12;8-6-3-1-5(2-4-6)7(9)10;1-2;/h3-6,11H,7-8H2,1-2H3,(H,18,23)(H,21,22);5H,3-4H2,1-2H3;1-4H,8H2,(H,9,10);1-2H;1H2/i/hD. The summed E-state index contributed by atoms with van der Waals surface area (Å²) in [5.74, 6) is -5.19. The number of Topliss-reactive ketones (excluding diaryl/α,β-unsaturated/α-hetero) is 4. The molecule has 4 saturated carbocycles. The van der Waals surface area contributed by atoms with Crippen LogP contribution in [0.4, 0.5) is 11.4 Å². The van der Waals surface area contributed by atoms with Gasteiger partial charge in [-0.1, -0.05) is 27.7 Å². The van der Waals surface area contributed by atoms with Gasteiger partial charge in [-0.25, -0.2) is 9.59 Å². The van der Waals surface area contributed by atoms with Crippen molar-refractivity contribution >= 4 is 69.2 Å². The van der Waals surface area contributed by atoms with E-state index in [4.69, 9.17) is 34.5 Å². The Morgan fingerprint density at radius 2 is 1.12 bits per heavy atom. The molecular weight excluding hydrogens is 672 g/mol. The number of aromatic carboxylic acids is 2. The molecule has 4 bridgehead atoms. The molecule has 14 heteroatoms. The number of terminal acetylenes is 1. The van der Waals surface area contributed by atoms with E-state index in [0.29, 0.717) is 37.1 Å². The van der Waals surface area contributed by atoms with Crippen LogP contribution in [-0.4, -0.2) is 61.9 Å². The highest BCUT2D eigenvalue weighted by Crippen LogP contribution is 2.64. The smallest absolute Gasteiger partial charge is 0.335 e. The molecule has 13 nitrogen and oxygen atoms in total. The van der Waals surface area contributed by atoms with Gasteiger partial charge in [0.05, 0.1) is 11.1 Å². The Morgan fingerprint density at radius 3 is 1.44 bits per heavy atom. The molecule has 266 valence electrons. The Bertz CT molecular complexity index is 1770. The highest BCUT2D eigenvalue weighted by molar-refractivity contribution is 6.70. The zero-order chi connectivity index (χ0) is 39.3. The summed E-state index contributed by atoms with van der Waals surface area (Å²) in [5.41, 5.74) is 9.08. The van der Waals surface area contributed by atoms with Gasteiger partial charge >= 0.3 is 11.9 Å². The first-order chi connectivity index (χ1) is 23.8. The second-order valence-corrected chi connectivity index (χ2v) is 13.7. The molecule has 4 aliphatic rings. The number of rotatable bonds is 5. The van der Waals surface area contributed by atoms with Crippen LogP contribution < -0.4 is 11.1 Å². The van der Waals surface area contributed by atoms with Gasteiger partial charge in [0, 0.05) is 23.2 Å². The predicted molar refractivity (Wildman–Crippen MR) is 182 cm³/mol. The molecule has 0 aromatic heterocycles. The van der Waals surface area contributed by atoms with Crippen LogP contribution in [0.2, 0.25) is 0 Å². The van der Waals surface area contributed by atoms with Gasteiger partial charge < -0.3 is 26.7 Å². The molecule has 4 fully saturated rings. The van der Waals surface area contributed by atoms with Crippen LogP contribution in [0.25, 0.3) is 0 Å². The van der Waals surface area contributed by atoms with Crippen LogP contribution in [0.5, 0.6) is 0 Å². The molecule has 0 spiro atoms. The third-order valence-corrected chi connectivity index (χ3v) is 11.0. The van der Waals surface area contributed by atoms with E-state index in [2.05, 4.69) is 18.2 Å². The molecule has 4 unspecified atom stereocenters. The molecule has 7 N–H and O–H groups in total. The fraction of sp³-hybridized carbons (Fsp3) is 0.389. The minimum atomic E-state index is -1.32. The Kier molecular flexibility index (Phi) is 11.6. The molecule has 4 atom stereocenters. The predicted octanol–water partition coefficient (Wildman–Crippen LogP) is 3.62. The maximum absolute atomic E-state index is 12.8. The number of benzene rings is 2. The number of hydrogen-bond acceptors (Lipinski definition) is 9. The van der Waals surface area contributed by atoms with E-state index in [1.807, 2.05) is 0 Å². The number of carboxylic acids is 2. The molecule has 50 heavy (non-hydrogen) atoms. The average Bonchev–Trinajstić information content (AvgIpc) is 3.64. The maximum Gasteiger partial charge on any atom is 0.335 e. The normalized spacial score (nSPS) is 25.9. The summed E-state index contributed by atoms with van der Waals surface area (Å²) >= 11 is 5.50. The number of nitrogens with two attached hydrogens (primary N) is 1. The van der Waals surface area contributed by atoms with Crippen molar-refractivity contribution in [3.63, 3.8) is 0 Å². The summed E-state index contributed by atoms with van der Waals surface area (Å²) in [4.78, 5) is 93.0. The summed E-state index contributed by atoms with van der Waals surface area (Å²) < 4.78 is 4.75. The summed E-state index contributed by atoms with van der Waals surface area (Å²) in [5, 5.41) is 19.3. The number of halogens is 1. The van der Waals surface area contributed by atoms with Crippen LogP contribution in [0, 0.1) is 46.3 Å². The molecule has 0 radical (unpaired) electrons. The lowest BCUT2D eigenvalue weighted by Crippen LogP contribution is -2.47. The molecule has 2 aromatic rings. The topological polar surface area (TPSA) is 247 Å². The van der Waals surface area contributed by atoms with E-state index < -0.39 is 73.8 Å². The van der Waals surface area contributed by atoms with Crippen molar-refractivity contribution in [1.29, 1.82) is 0 Å².